The Labute approximate surface area is 174 Å². The van der Waals surface area contributed by atoms with Crippen LogP contribution in [0.4, 0.5) is 5.82 Å². The van der Waals surface area contributed by atoms with Crippen molar-refractivity contribution in [3.05, 3.63) is 60.3 Å². The maximum absolute atomic E-state index is 6.23. The second-order valence-electron chi connectivity index (χ2n) is 8.71. The molecular weight excluding hydrogens is 360 g/mol. The third-order valence-corrected chi connectivity index (χ3v) is 5.78. The van der Waals surface area contributed by atoms with Gasteiger partial charge < -0.3 is 14.4 Å². The highest BCUT2D eigenvalue weighted by Crippen LogP contribution is 2.30. The SMILES string of the molecule is C=C(C)C[C@@H](C)c1ccc(O[C@@H]2CCN(c3ccc(OCC4CC4)cn3)C2)cc1. The van der Waals surface area contributed by atoms with E-state index in [1.807, 2.05) is 12.3 Å². The van der Waals surface area contributed by atoms with E-state index >= 15 is 0 Å². The van der Waals surface area contributed by atoms with Crippen molar-refractivity contribution in [2.24, 2.45) is 5.92 Å². The van der Waals surface area contributed by atoms with Gasteiger partial charge in [0.25, 0.3) is 0 Å². The third kappa shape index (κ3) is 5.53. The molecule has 1 aliphatic carbocycles. The molecule has 0 radical (unpaired) electrons. The molecular formula is C25H32N2O2. The van der Waals surface area contributed by atoms with Crippen molar-refractivity contribution in [2.45, 2.75) is 51.6 Å². The number of rotatable bonds is 9. The van der Waals surface area contributed by atoms with Crippen molar-refractivity contribution in [2.75, 3.05) is 24.6 Å². The summed E-state index contributed by atoms with van der Waals surface area (Å²) in [7, 11) is 0. The average molecular weight is 393 g/mol. The molecule has 29 heavy (non-hydrogen) atoms. The largest absolute Gasteiger partial charge is 0.492 e. The van der Waals surface area contributed by atoms with Gasteiger partial charge in [-0.05, 0) is 67.9 Å². The van der Waals surface area contributed by atoms with Crippen molar-refractivity contribution in [1.82, 2.24) is 4.98 Å². The van der Waals surface area contributed by atoms with Crippen molar-refractivity contribution in [3.63, 3.8) is 0 Å². The number of ether oxygens (including phenoxy) is 2. The molecule has 4 nitrogen and oxygen atoms in total. The maximum atomic E-state index is 6.23. The smallest absolute Gasteiger partial charge is 0.137 e. The van der Waals surface area contributed by atoms with Gasteiger partial charge in [-0.1, -0.05) is 24.6 Å². The Morgan fingerprint density at radius 3 is 2.55 bits per heavy atom. The zero-order chi connectivity index (χ0) is 20.2. The topological polar surface area (TPSA) is 34.6 Å². The van der Waals surface area contributed by atoms with Crippen LogP contribution in [0.2, 0.25) is 0 Å². The number of benzene rings is 1. The molecule has 2 aromatic rings. The predicted molar refractivity (Wildman–Crippen MR) is 118 cm³/mol. The summed E-state index contributed by atoms with van der Waals surface area (Å²) in [6.45, 7) is 11.0. The second kappa shape index (κ2) is 8.89. The highest BCUT2D eigenvalue weighted by atomic mass is 16.5. The minimum atomic E-state index is 0.196. The molecule has 2 aliphatic rings. The fraction of sp³-hybridized carbons (Fsp3) is 0.480. The van der Waals surface area contributed by atoms with E-state index < -0.39 is 0 Å². The van der Waals surface area contributed by atoms with Crippen LogP contribution in [0.5, 0.6) is 11.5 Å². The monoisotopic (exact) mass is 392 g/mol. The van der Waals surface area contributed by atoms with Crippen LogP contribution in [0, 0.1) is 5.92 Å². The Hall–Kier alpha value is -2.49. The molecule has 2 atom stereocenters. The number of pyridine rings is 1. The summed E-state index contributed by atoms with van der Waals surface area (Å²) in [4.78, 5) is 6.88. The summed E-state index contributed by atoms with van der Waals surface area (Å²) in [5.74, 6) is 4.06. The highest BCUT2D eigenvalue weighted by Gasteiger charge is 2.25. The lowest BCUT2D eigenvalue weighted by Crippen LogP contribution is -2.25. The van der Waals surface area contributed by atoms with Crippen molar-refractivity contribution in [3.8, 4) is 11.5 Å². The Balaban J connectivity index is 1.27. The first-order chi connectivity index (χ1) is 14.1. The van der Waals surface area contributed by atoms with E-state index in [4.69, 9.17) is 9.47 Å². The van der Waals surface area contributed by atoms with Crippen LogP contribution in [0.15, 0.2) is 54.7 Å². The summed E-state index contributed by atoms with van der Waals surface area (Å²) in [6, 6.07) is 12.6. The van der Waals surface area contributed by atoms with Gasteiger partial charge in [0.2, 0.25) is 0 Å². The van der Waals surface area contributed by atoms with Crippen LogP contribution in [-0.4, -0.2) is 30.8 Å². The predicted octanol–water partition coefficient (Wildman–Crippen LogP) is 5.60. The van der Waals surface area contributed by atoms with Crippen LogP contribution in [0.25, 0.3) is 0 Å². The first-order valence-electron chi connectivity index (χ1n) is 10.8. The third-order valence-electron chi connectivity index (χ3n) is 5.78. The van der Waals surface area contributed by atoms with Crippen LogP contribution < -0.4 is 14.4 Å². The van der Waals surface area contributed by atoms with E-state index in [1.165, 1.54) is 24.0 Å². The molecule has 0 amide bonds. The zero-order valence-electron chi connectivity index (χ0n) is 17.6. The molecule has 2 heterocycles. The van der Waals surface area contributed by atoms with Crippen molar-refractivity contribution >= 4 is 5.82 Å². The fourth-order valence-corrected chi connectivity index (χ4v) is 3.88. The molecule has 1 saturated heterocycles. The first kappa shape index (κ1) is 19.8. The lowest BCUT2D eigenvalue weighted by atomic mass is 9.95. The molecule has 1 aliphatic heterocycles. The number of allylic oxidation sites excluding steroid dienone is 1. The van der Waals surface area contributed by atoms with E-state index in [2.05, 4.69) is 60.6 Å². The van der Waals surface area contributed by atoms with Gasteiger partial charge in [-0.3, -0.25) is 0 Å². The summed E-state index contributed by atoms with van der Waals surface area (Å²) < 4.78 is 12.0. The minimum Gasteiger partial charge on any atom is -0.492 e. The normalized spacial score (nSPS) is 19.8. The quantitative estimate of drug-likeness (QED) is 0.521. The van der Waals surface area contributed by atoms with Crippen LogP contribution >= 0.6 is 0 Å². The molecule has 1 aromatic heterocycles. The molecule has 4 heteroatoms. The van der Waals surface area contributed by atoms with Gasteiger partial charge in [-0.2, -0.15) is 0 Å². The standard InChI is InChI=1S/C25H32N2O2/c1-18(2)14-19(3)21-6-8-22(9-7-21)29-24-12-13-27(16-24)25-11-10-23(15-26-25)28-17-20-4-5-20/h6-11,15,19-20,24H,1,4-5,12-14,16-17H2,2-3H3/t19-,24-/m1/s1. The van der Waals surface area contributed by atoms with E-state index in [9.17, 15) is 0 Å². The van der Waals surface area contributed by atoms with Gasteiger partial charge in [0.05, 0.1) is 19.3 Å². The number of hydrogen-bond donors (Lipinski definition) is 0. The van der Waals surface area contributed by atoms with E-state index in [1.54, 1.807) is 0 Å². The maximum Gasteiger partial charge on any atom is 0.137 e. The van der Waals surface area contributed by atoms with Gasteiger partial charge in [0, 0.05) is 13.0 Å². The minimum absolute atomic E-state index is 0.196. The van der Waals surface area contributed by atoms with Gasteiger partial charge in [0.1, 0.15) is 23.4 Å². The summed E-state index contributed by atoms with van der Waals surface area (Å²) in [5.41, 5.74) is 2.56. The van der Waals surface area contributed by atoms with E-state index in [0.29, 0.717) is 5.92 Å². The molecule has 4 rings (SSSR count). The number of aromatic nitrogens is 1. The molecule has 1 saturated carbocycles. The second-order valence-corrected chi connectivity index (χ2v) is 8.71. The molecule has 2 fully saturated rings. The Morgan fingerprint density at radius 2 is 1.90 bits per heavy atom. The van der Waals surface area contributed by atoms with Gasteiger partial charge in [-0.25, -0.2) is 4.98 Å². The number of anilines is 1. The summed E-state index contributed by atoms with van der Waals surface area (Å²) in [5, 5.41) is 0. The summed E-state index contributed by atoms with van der Waals surface area (Å²) in [6.07, 6.45) is 6.68. The van der Waals surface area contributed by atoms with E-state index in [-0.39, 0.29) is 6.10 Å². The van der Waals surface area contributed by atoms with E-state index in [0.717, 1.165) is 55.8 Å². The molecule has 0 unspecified atom stereocenters. The Morgan fingerprint density at radius 1 is 1.14 bits per heavy atom. The van der Waals surface area contributed by atoms with Crippen molar-refractivity contribution in [1.29, 1.82) is 0 Å². The average Bonchev–Trinajstić information content (AvgIpc) is 3.44. The zero-order valence-corrected chi connectivity index (χ0v) is 17.6. The molecule has 1 aromatic carbocycles. The van der Waals surface area contributed by atoms with Crippen LogP contribution in [0.3, 0.4) is 0 Å². The first-order valence-corrected chi connectivity index (χ1v) is 10.8. The lowest BCUT2D eigenvalue weighted by molar-refractivity contribution is 0.225. The number of nitrogens with zero attached hydrogens (tertiary/aromatic N) is 2. The molecule has 154 valence electrons. The van der Waals surface area contributed by atoms with Gasteiger partial charge in [0.15, 0.2) is 0 Å². The van der Waals surface area contributed by atoms with Crippen LogP contribution in [-0.2, 0) is 0 Å². The Bertz CT molecular complexity index is 812. The fourth-order valence-electron chi connectivity index (χ4n) is 3.88. The molecule has 0 N–H and O–H groups in total. The number of hydrogen-bond acceptors (Lipinski definition) is 4. The molecule has 0 spiro atoms. The van der Waals surface area contributed by atoms with Crippen LogP contribution in [0.1, 0.15) is 51.0 Å². The summed E-state index contributed by atoms with van der Waals surface area (Å²) >= 11 is 0. The van der Waals surface area contributed by atoms with Crippen molar-refractivity contribution < 1.29 is 9.47 Å². The lowest BCUT2D eigenvalue weighted by Gasteiger charge is -2.19. The van der Waals surface area contributed by atoms with Gasteiger partial charge in [-0.15, -0.1) is 6.58 Å². The highest BCUT2D eigenvalue weighted by molar-refractivity contribution is 5.42. The van der Waals surface area contributed by atoms with Gasteiger partial charge >= 0.3 is 0 Å². The molecule has 0 bridgehead atoms. The Kier molecular flexibility index (Phi) is 6.08.